The van der Waals surface area contributed by atoms with Gasteiger partial charge in [-0.25, -0.2) is 0 Å². The van der Waals surface area contributed by atoms with E-state index in [1.54, 1.807) is 13.8 Å². The van der Waals surface area contributed by atoms with Crippen molar-refractivity contribution in [3.63, 3.8) is 0 Å². The van der Waals surface area contributed by atoms with E-state index in [2.05, 4.69) is 40.5 Å². The summed E-state index contributed by atoms with van der Waals surface area (Å²) < 4.78 is 0. The summed E-state index contributed by atoms with van der Waals surface area (Å²) in [5.74, 6) is -0.716. The van der Waals surface area contributed by atoms with E-state index < -0.39 is 11.4 Å². The molecule has 0 atom stereocenters. The Morgan fingerprint density at radius 2 is 1.91 bits per heavy atom. The number of rotatable bonds is 7. The predicted octanol–water partition coefficient (Wildman–Crippen LogP) is 2.74. The molecule has 0 amide bonds. The molecule has 4 nitrogen and oxygen atoms in total. The Bertz CT molecular complexity index is 465. The summed E-state index contributed by atoms with van der Waals surface area (Å²) in [5, 5.41) is 12.6. The quantitative estimate of drug-likeness (QED) is 0.813. The molecule has 1 heterocycles. The lowest BCUT2D eigenvalue weighted by Crippen LogP contribution is -2.43. The first-order valence-electron chi connectivity index (χ1n) is 8.20. The fraction of sp³-hybridized carbons (Fsp3) is 0.611. The van der Waals surface area contributed by atoms with Crippen LogP contribution in [0.2, 0.25) is 0 Å². The van der Waals surface area contributed by atoms with E-state index in [-0.39, 0.29) is 0 Å². The van der Waals surface area contributed by atoms with Crippen molar-refractivity contribution in [1.29, 1.82) is 0 Å². The van der Waals surface area contributed by atoms with E-state index in [0.29, 0.717) is 12.5 Å². The van der Waals surface area contributed by atoms with Gasteiger partial charge in [-0.3, -0.25) is 9.69 Å². The van der Waals surface area contributed by atoms with Gasteiger partial charge in [-0.1, -0.05) is 30.3 Å². The highest BCUT2D eigenvalue weighted by Gasteiger charge is 2.27. The molecule has 2 rings (SSSR count). The maximum absolute atomic E-state index is 11.1. The zero-order valence-electron chi connectivity index (χ0n) is 13.7. The van der Waals surface area contributed by atoms with Gasteiger partial charge < -0.3 is 10.4 Å². The van der Waals surface area contributed by atoms with Crippen molar-refractivity contribution in [2.24, 2.45) is 5.41 Å². The Kier molecular flexibility index (Phi) is 5.98. The molecule has 1 aromatic carbocycles. The maximum Gasteiger partial charge on any atom is 0.309 e. The summed E-state index contributed by atoms with van der Waals surface area (Å²) in [7, 11) is 0. The van der Waals surface area contributed by atoms with Crippen LogP contribution in [0, 0.1) is 5.41 Å². The number of hydrogen-bond donors (Lipinski definition) is 2. The molecular formula is C18H28N2O2. The van der Waals surface area contributed by atoms with Gasteiger partial charge in [0.1, 0.15) is 0 Å². The molecule has 1 aliphatic heterocycles. The smallest absolute Gasteiger partial charge is 0.309 e. The lowest BCUT2D eigenvalue weighted by molar-refractivity contribution is -0.147. The molecule has 1 saturated heterocycles. The highest BCUT2D eigenvalue weighted by molar-refractivity contribution is 5.73. The van der Waals surface area contributed by atoms with Gasteiger partial charge in [-0.15, -0.1) is 0 Å². The highest BCUT2D eigenvalue weighted by atomic mass is 16.4. The average molecular weight is 304 g/mol. The molecule has 0 radical (unpaired) electrons. The van der Waals surface area contributed by atoms with Crippen LogP contribution < -0.4 is 5.32 Å². The van der Waals surface area contributed by atoms with Crippen molar-refractivity contribution in [2.75, 3.05) is 19.6 Å². The van der Waals surface area contributed by atoms with E-state index in [0.717, 1.165) is 39.0 Å². The first kappa shape index (κ1) is 17.0. The van der Waals surface area contributed by atoms with Gasteiger partial charge in [0, 0.05) is 12.6 Å². The monoisotopic (exact) mass is 304 g/mol. The van der Waals surface area contributed by atoms with Crippen LogP contribution in [0.25, 0.3) is 0 Å². The zero-order chi connectivity index (χ0) is 16.0. The largest absolute Gasteiger partial charge is 0.481 e. The molecule has 0 spiro atoms. The van der Waals surface area contributed by atoms with Gasteiger partial charge in [0.2, 0.25) is 0 Å². The number of hydrogen-bond acceptors (Lipinski definition) is 3. The summed E-state index contributed by atoms with van der Waals surface area (Å²) in [6, 6.07) is 11.1. The van der Waals surface area contributed by atoms with Crippen LogP contribution in [0.15, 0.2) is 30.3 Å². The number of piperidine rings is 1. The van der Waals surface area contributed by atoms with Crippen molar-refractivity contribution in [1.82, 2.24) is 10.2 Å². The molecule has 0 bridgehead atoms. The van der Waals surface area contributed by atoms with Crippen molar-refractivity contribution in [3.05, 3.63) is 35.9 Å². The predicted molar refractivity (Wildman–Crippen MR) is 88.8 cm³/mol. The number of benzene rings is 1. The fourth-order valence-corrected chi connectivity index (χ4v) is 2.83. The third kappa shape index (κ3) is 5.11. The van der Waals surface area contributed by atoms with Crippen molar-refractivity contribution in [3.8, 4) is 0 Å². The zero-order valence-corrected chi connectivity index (χ0v) is 13.7. The lowest BCUT2D eigenvalue weighted by Gasteiger charge is -2.33. The summed E-state index contributed by atoms with van der Waals surface area (Å²) >= 11 is 0. The Morgan fingerprint density at radius 1 is 1.27 bits per heavy atom. The van der Waals surface area contributed by atoms with E-state index in [1.807, 2.05) is 0 Å². The molecule has 2 N–H and O–H groups in total. The molecule has 0 unspecified atom stereocenters. The third-order valence-electron chi connectivity index (χ3n) is 4.60. The van der Waals surface area contributed by atoms with Crippen molar-refractivity contribution >= 4 is 5.97 Å². The van der Waals surface area contributed by atoms with Crippen LogP contribution in [0.3, 0.4) is 0 Å². The Labute approximate surface area is 133 Å². The number of carboxylic acid groups (broad SMARTS) is 1. The van der Waals surface area contributed by atoms with E-state index in [1.165, 1.54) is 5.56 Å². The number of carboxylic acids is 1. The summed E-state index contributed by atoms with van der Waals surface area (Å²) in [6.45, 7) is 7.60. The molecule has 0 aromatic heterocycles. The minimum absolute atomic E-state index is 0.525. The standard InChI is InChI=1S/C18H28N2O2/c1-18(2,17(21)22)10-11-19-16-8-12-20(13-9-16)14-15-6-4-3-5-7-15/h3-7,16,19H,8-14H2,1-2H3,(H,21,22). The third-order valence-corrected chi connectivity index (χ3v) is 4.60. The molecule has 0 saturated carbocycles. The van der Waals surface area contributed by atoms with Gasteiger partial charge >= 0.3 is 5.97 Å². The summed E-state index contributed by atoms with van der Waals surface area (Å²) in [4.78, 5) is 13.6. The summed E-state index contributed by atoms with van der Waals surface area (Å²) in [5.41, 5.74) is 0.734. The topological polar surface area (TPSA) is 52.6 Å². The van der Waals surface area contributed by atoms with Gasteiger partial charge in [-0.2, -0.15) is 0 Å². The van der Waals surface area contributed by atoms with Crippen LogP contribution in [0.5, 0.6) is 0 Å². The molecule has 1 fully saturated rings. The molecular weight excluding hydrogens is 276 g/mol. The van der Waals surface area contributed by atoms with E-state index in [9.17, 15) is 4.79 Å². The van der Waals surface area contributed by atoms with Crippen LogP contribution in [-0.4, -0.2) is 41.7 Å². The molecule has 4 heteroatoms. The van der Waals surface area contributed by atoms with Gasteiger partial charge in [0.05, 0.1) is 5.41 Å². The lowest BCUT2D eigenvalue weighted by atomic mass is 9.89. The molecule has 1 aliphatic rings. The van der Waals surface area contributed by atoms with Crippen molar-refractivity contribution in [2.45, 2.75) is 45.7 Å². The number of likely N-dealkylation sites (tertiary alicyclic amines) is 1. The van der Waals surface area contributed by atoms with Crippen LogP contribution >= 0.6 is 0 Å². The minimum atomic E-state index is -0.716. The molecule has 0 aliphatic carbocycles. The van der Waals surface area contributed by atoms with Crippen LogP contribution in [0.4, 0.5) is 0 Å². The van der Waals surface area contributed by atoms with Gasteiger partial charge in [-0.05, 0) is 58.3 Å². The maximum atomic E-state index is 11.1. The fourth-order valence-electron chi connectivity index (χ4n) is 2.83. The van der Waals surface area contributed by atoms with Crippen LogP contribution in [0.1, 0.15) is 38.7 Å². The van der Waals surface area contributed by atoms with Crippen molar-refractivity contribution < 1.29 is 9.90 Å². The molecule has 122 valence electrons. The van der Waals surface area contributed by atoms with E-state index in [4.69, 9.17) is 5.11 Å². The number of aliphatic carboxylic acids is 1. The minimum Gasteiger partial charge on any atom is -0.481 e. The highest BCUT2D eigenvalue weighted by Crippen LogP contribution is 2.20. The average Bonchev–Trinajstić information content (AvgIpc) is 2.50. The SMILES string of the molecule is CC(C)(CCNC1CCN(Cc2ccccc2)CC1)C(=O)O. The first-order chi connectivity index (χ1) is 10.5. The second-order valence-electron chi connectivity index (χ2n) is 6.93. The number of nitrogens with one attached hydrogen (secondary N) is 1. The van der Waals surface area contributed by atoms with E-state index >= 15 is 0 Å². The normalized spacial score (nSPS) is 17.5. The number of carbonyl (C=O) groups is 1. The molecule has 1 aromatic rings. The number of nitrogens with zero attached hydrogens (tertiary/aromatic N) is 1. The Balaban J connectivity index is 1.66. The second-order valence-corrected chi connectivity index (χ2v) is 6.93. The first-order valence-corrected chi connectivity index (χ1v) is 8.20. The van der Waals surface area contributed by atoms with Gasteiger partial charge in [0.25, 0.3) is 0 Å². The Hall–Kier alpha value is -1.39. The second kappa shape index (κ2) is 7.75. The molecule has 22 heavy (non-hydrogen) atoms. The Morgan fingerprint density at radius 3 is 2.50 bits per heavy atom. The van der Waals surface area contributed by atoms with Crippen LogP contribution in [-0.2, 0) is 11.3 Å². The summed E-state index contributed by atoms with van der Waals surface area (Å²) in [6.07, 6.45) is 2.95. The van der Waals surface area contributed by atoms with Gasteiger partial charge in [0.15, 0.2) is 0 Å².